The highest BCUT2D eigenvalue weighted by Gasteiger charge is 2.28. The summed E-state index contributed by atoms with van der Waals surface area (Å²) in [6, 6.07) is 62.2. The zero-order chi connectivity index (χ0) is 38.2. The first-order valence-electron chi connectivity index (χ1n) is 19.9. The van der Waals surface area contributed by atoms with Crippen LogP contribution >= 0.6 is 22.7 Å². The van der Waals surface area contributed by atoms with Crippen LogP contribution in [0, 0.1) is 0 Å². The number of rotatable bonds is 6. The minimum absolute atomic E-state index is 0.882. The Morgan fingerprint density at radius 3 is 2.07 bits per heavy atom. The molecule has 3 aromatic heterocycles. The molecule has 0 aliphatic heterocycles. The Morgan fingerprint density at radius 2 is 1.22 bits per heavy atom. The maximum atomic E-state index is 6.69. The van der Waals surface area contributed by atoms with Gasteiger partial charge in [-0.2, -0.15) is 0 Å². The van der Waals surface area contributed by atoms with Gasteiger partial charge in [-0.05, 0) is 95.3 Å². The molecule has 0 amide bonds. The van der Waals surface area contributed by atoms with Gasteiger partial charge in [-0.25, -0.2) is 0 Å². The summed E-state index contributed by atoms with van der Waals surface area (Å²) < 4.78 is 11.8. The number of nitrogens with zero attached hydrogens (tertiary/aromatic N) is 1. The molecule has 1 aliphatic carbocycles. The summed E-state index contributed by atoms with van der Waals surface area (Å²) in [5.41, 5.74) is 12.5. The first-order chi connectivity index (χ1) is 28.8. The Labute approximate surface area is 343 Å². The van der Waals surface area contributed by atoms with E-state index in [9.17, 15) is 0 Å². The minimum Gasteiger partial charge on any atom is -0.456 e. The Balaban J connectivity index is 1.24. The third-order valence-electron chi connectivity index (χ3n) is 11.7. The number of benzene rings is 8. The molecule has 0 fully saturated rings. The van der Waals surface area contributed by atoms with Crippen molar-refractivity contribution in [3.05, 3.63) is 194 Å². The average Bonchev–Trinajstić information content (AvgIpc) is 3.99. The summed E-state index contributed by atoms with van der Waals surface area (Å²) in [4.78, 5) is 2.56. The number of furan rings is 1. The monoisotopic (exact) mass is 777 g/mol. The van der Waals surface area contributed by atoms with Crippen molar-refractivity contribution < 1.29 is 4.42 Å². The van der Waals surface area contributed by atoms with Crippen LogP contribution in [0.15, 0.2) is 193 Å². The van der Waals surface area contributed by atoms with Crippen LogP contribution in [-0.2, 0) is 0 Å². The van der Waals surface area contributed by atoms with Gasteiger partial charge >= 0.3 is 0 Å². The quantitative estimate of drug-likeness (QED) is 0.167. The van der Waals surface area contributed by atoms with Crippen LogP contribution in [0.5, 0.6) is 0 Å². The Hall–Kier alpha value is -6.72. The van der Waals surface area contributed by atoms with Crippen molar-refractivity contribution in [2.45, 2.75) is 12.8 Å². The number of allylic oxidation sites excluding steroid dienone is 4. The Morgan fingerprint density at radius 1 is 0.466 bits per heavy atom. The largest absolute Gasteiger partial charge is 0.456 e. The van der Waals surface area contributed by atoms with Crippen LogP contribution in [-0.4, -0.2) is 0 Å². The zero-order valence-corrected chi connectivity index (χ0v) is 33.1. The van der Waals surface area contributed by atoms with Crippen molar-refractivity contribution in [3.8, 4) is 22.3 Å². The van der Waals surface area contributed by atoms with E-state index in [0.29, 0.717) is 0 Å². The highest BCUT2D eigenvalue weighted by atomic mass is 32.1. The maximum absolute atomic E-state index is 6.69. The lowest BCUT2D eigenvalue weighted by molar-refractivity contribution is 0.669. The normalized spacial score (nSPS) is 13.1. The van der Waals surface area contributed by atoms with E-state index in [4.69, 9.17) is 4.42 Å². The molecular weight excluding hydrogens is 743 g/mol. The first-order valence-corrected chi connectivity index (χ1v) is 21.5. The lowest BCUT2D eigenvalue weighted by Crippen LogP contribution is -2.13. The maximum Gasteiger partial charge on any atom is 0.137 e. The summed E-state index contributed by atoms with van der Waals surface area (Å²) in [5, 5.41) is 7.29. The van der Waals surface area contributed by atoms with Crippen molar-refractivity contribution in [2.24, 2.45) is 0 Å². The molecule has 0 N–H and O–H groups in total. The first kappa shape index (κ1) is 33.4. The van der Waals surface area contributed by atoms with E-state index in [1.165, 1.54) is 73.7 Å². The Kier molecular flexibility index (Phi) is 7.75. The highest BCUT2D eigenvalue weighted by Crippen LogP contribution is 2.53. The number of para-hydroxylation sites is 1. The Bertz CT molecular complexity index is 3460. The molecule has 2 nitrogen and oxygen atoms in total. The van der Waals surface area contributed by atoms with Crippen LogP contribution in [0.3, 0.4) is 0 Å². The molecule has 0 saturated heterocycles. The SMILES string of the molecule is C1=CC(c2ccc3oc4ccccc4c3c2N(c2ccc3sc4ccccc4c3c2)c2ccc(-c3ccccc3)c3sc4cc(-c5ccccc5)ccc4c23)=CCC1. The van der Waals surface area contributed by atoms with Gasteiger partial charge in [0.25, 0.3) is 0 Å². The van der Waals surface area contributed by atoms with Crippen molar-refractivity contribution in [3.63, 3.8) is 0 Å². The molecule has 4 heteroatoms. The second kappa shape index (κ2) is 13.5. The van der Waals surface area contributed by atoms with Gasteiger partial charge in [0.2, 0.25) is 0 Å². The smallest absolute Gasteiger partial charge is 0.137 e. The molecule has 0 bridgehead atoms. The van der Waals surface area contributed by atoms with Gasteiger partial charge in [-0.1, -0.05) is 133 Å². The van der Waals surface area contributed by atoms with E-state index in [2.05, 4.69) is 193 Å². The summed E-state index contributed by atoms with van der Waals surface area (Å²) in [5.74, 6) is 0. The van der Waals surface area contributed by atoms with Crippen LogP contribution in [0.1, 0.15) is 18.4 Å². The molecule has 0 atom stereocenters. The molecule has 3 heterocycles. The van der Waals surface area contributed by atoms with Gasteiger partial charge in [-0.3, -0.25) is 0 Å². The second-order valence-corrected chi connectivity index (χ2v) is 17.2. The molecular formula is C54H35NOS2. The van der Waals surface area contributed by atoms with Gasteiger partial charge in [0, 0.05) is 57.0 Å². The predicted octanol–water partition coefficient (Wildman–Crippen LogP) is 16.9. The van der Waals surface area contributed by atoms with Crippen molar-refractivity contribution >= 4 is 108 Å². The number of fused-ring (bicyclic) bond motifs is 9. The van der Waals surface area contributed by atoms with Gasteiger partial charge < -0.3 is 9.32 Å². The third-order valence-corrected chi connectivity index (χ3v) is 14.0. The van der Waals surface area contributed by atoms with Crippen LogP contribution in [0.2, 0.25) is 0 Å². The molecule has 0 spiro atoms. The summed E-state index contributed by atoms with van der Waals surface area (Å²) in [6.45, 7) is 0. The summed E-state index contributed by atoms with van der Waals surface area (Å²) in [6.07, 6.45) is 9.09. The zero-order valence-electron chi connectivity index (χ0n) is 31.5. The lowest BCUT2D eigenvalue weighted by Gasteiger charge is -2.30. The minimum atomic E-state index is 0.882. The number of thiophene rings is 2. The van der Waals surface area contributed by atoms with E-state index in [0.717, 1.165) is 51.8 Å². The lowest BCUT2D eigenvalue weighted by atomic mass is 9.93. The van der Waals surface area contributed by atoms with E-state index >= 15 is 0 Å². The van der Waals surface area contributed by atoms with Gasteiger partial charge in [0.05, 0.1) is 16.8 Å². The van der Waals surface area contributed by atoms with E-state index in [1.54, 1.807) is 0 Å². The molecule has 1 aliphatic rings. The second-order valence-electron chi connectivity index (χ2n) is 15.1. The van der Waals surface area contributed by atoms with E-state index in [1.807, 2.05) is 22.7 Å². The molecule has 0 saturated carbocycles. The van der Waals surface area contributed by atoms with E-state index in [-0.39, 0.29) is 0 Å². The number of hydrogen-bond acceptors (Lipinski definition) is 4. The summed E-state index contributed by atoms with van der Waals surface area (Å²) in [7, 11) is 0. The predicted molar refractivity (Wildman–Crippen MR) is 251 cm³/mol. The van der Waals surface area contributed by atoms with E-state index < -0.39 is 0 Å². The molecule has 8 aromatic carbocycles. The topological polar surface area (TPSA) is 16.4 Å². The molecule has 58 heavy (non-hydrogen) atoms. The highest BCUT2D eigenvalue weighted by molar-refractivity contribution is 7.26. The van der Waals surface area contributed by atoms with Crippen molar-refractivity contribution in [1.29, 1.82) is 0 Å². The molecule has 0 unspecified atom stereocenters. The standard InChI is InChI=1S/C54H35NOS2/c1-4-14-34(15-5-1)37-24-26-43-50(32-37)58-54-40(36-18-8-3-9-19-36)27-29-45(51(43)54)55(38-25-31-49-44(33-38)41-20-11-13-23-48(41)57-49)53-39(35-16-6-2-7-17-35)28-30-47-52(53)42-21-10-12-22-46(42)56-47/h1,3-6,8-33H,2,7H2. The number of anilines is 3. The fourth-order valence-electron chi connectivity index (χ4n) is 9.02. The molecule has 274 valence electrons. The molecule has 0 radical (unpaired) electrons. The molecule has 11 aromatic rings. The van der Waals surface area contributed by atoms with Gasteiger partial charge in [0.15, 0.2) is 0 Å². The van der Waals surface area contributed by atoms with Crippen LogP contribution in [0.25, 0.3) is 90.1 Å². The average molecular weight is 778 g/mol. The van der Waals surface area contributed by atoms with Crippen LogP contribution in [0.4, 0.5) is 17.1 Å². The fourth-order valence-corrected chi connectivity index (χ4v) is 11.4. The summed E-state index contributed by atoms with van der Waals surface area (Å²) >= 11 is 3.75. The number of hydrogen-bond donors (Lipinski definition) is 0. The third kappa shape index (κ3) is 5.30. The van der Waals surface area contributed by atoms with Crippen molar-refractivity contribution in [2.75, 3.05) is 4.90 Å². The molecule has 12 rings (SSSR count). The van der Waals surface area contributed by atoms with Crippen LogP contribution < -0.4 is 4.90 Å². The fraction of sp³-hybridized carbons (Fsp3) is 0.0370. The van der Waals surface area contributed by atoms with Gasteiger partial charge in [0.1, 0.15) is 11.2 Å². The van der Waals surface area contributed by atoms with Crippen molar-refractivity contribution in [1.82, 2.24) is 0 Å². The van der Waals surface area contributed by atoms with Gasteiger partial charge in [-0.15, -0.1) is 22.7 Å².